The fourth-order valence-electron chi connectivity index (χ4n) is 3.85. The maximum absolute atomic E-state index is 13.3. The fraction of sp³-hybridized carbons (Fsp3) is 0.0417. The maximum Gasteiger partial charge on any atom is 0.221 e. The lowest BCUT2D eigenvalue weighted by Crippen LogP contribution is -3.01. The Bertz CT molecular complexity index is 1360. The summed E-state index contributed by atoms with van der Waals surface area (Å²) in [6.45, 7) is 1.27. The Morgan fingerprint density at radius 3 is 2.09 bits per heavy atom. The molecular weight excluding hydrogens is 442 g/mol. The van der Waals surface area contributed by atoms with Crippen molar-refractivity contribution in [3.05, 3.63) is 98.4 Å². The van der Waals surface area contributed by atoms with Crippen molar-refractivity contribution in [1.82, 2.24) is 0 Å². The highest BCUT2D eigenvalue weighted by molar-refractivity contribution is 6.31. The molecule has 0 bridgehead atoms. The van der Waals surface area contributed by atoms with Gasteiger partial charge in [-0.15, -0.1) is 0 Å². The number of carbonyl (C=O) groups excluding carboxylic acids is 3. The average molecular weight is 461 g/mol. The first kappa shape index (κ1) is 23.1. The summed E-state index contributed by atoms with van der Waals surface area (Å²) in [4.78, 5) is 38.2. The third kappa shape index (κ3) is 4.16. The molecule has 0 radical (unpaired) electrons. The van der Waals surface area contributed by atoms with Gasteiger partial charge in [-0.3, -0.25) is 14.4 Å². The molecule has 0 aromatic heterocycles. The van der Waals surface area contributed by atoms with Crippen LogP contribution in [-0.4, -0.2) is 27.9 Å². The smallest absolute Gasteiger partial charge is 0.221 e. The molecule has 0 saturated heterocycles. The van der Waals surface area contributed by atoms with Crippen LogP contribution in [0.2, 0.25) is 0 Å². The highest BCUT2D eigenvalue weighted by Gasteiger charge is 2.32. The lowest BCUT2D eigenvalue weighted by atomic mass is 9.82. The molecule has 34 heavy (non-hydrogen) atoms. The minimum Gasteiger partial charge on any atom is -0.595 e. The summed E-state index contributed by atoms with van der Waals surface area (Å²) < 4.78 is 0. The minimum absolute atomic E-state index is 0.0562. The molecule has 3 aromatic rings. The number of hydrogen-bond acceptors (Lipinski definition) is 7. The largest absolute Gasteiger partial charge is 0.595 e. The van der Waals surface area contributed by atoms with Crippen LogP contribution in [0.4, 0.5) is 17.1 Å². The average Bonchev–Trinajstić information content (AvgIpc) is 2.81. The zero-order chi connectivity index (χ0) is 24.6. The summed E-state index contributed by atoms with van der Waals surface area (Å²) in [6.07, 6.45) is 2.93. The van der Waals surface area contributed by atoms with Gasteiger partial charge in [0.1, 0.15) is 0 Å². The zero-order valence-corrected chi connectivity index (χ0v) is 17.8. The van der Waals surface area contributed by atoms with Crippen LogP contribution in [0.5, 0.6) is 0 Å². The molecular formula is C24H19N3O7. The summed E-state index contributed by atoms with van der Waals surface area (Å²) in [6, 6.07) is 13.1. The number of anilines is 1. The Balaban J connectivity index is 1.85. The monoisotopic (exact) mass is 461 g/mol. The fourth-order valence-corrected chi connectivity index (χ4v) is 3.85. The van der Waals surface area contributed by atoms with Crippen LogP contribution >= 0.6 is 0 Å². The van der Waals surface area contributed by atoms with Gasteiger partial charge in [-0.1, -0.05) is 36.4 Å². The Labute approximate surface area is 193 Å². The van der Waals surface area contributed by atoms with Crippen molar-refractivity contribution >= 4 is 46.7 Å². The number of benzene rings is 3. The summed E-state index contributed by atoms with van der Waals surface area (Å²) in [5.41, 5.74) is 1.03. The number of hydrogen-bond donors (Lipinski definition) is 5. The SMILES string of the molecule is CC(=O)Nc1c(C=Cc2ccc([NH+]([O-])O)cc2[NH+]([O-])O)ccc2c1C(=O)c1ccccc1C2=O. The molecule has 1 aliphatic rings. The number of ketones is 2. The van der Waals surface area contributed by atoms with Crippen molar-refractivity contribution in [2.45, 2.75) is 6.92 Å². The molecule has 0 aliphatic heterocycles. The van der Waals surface area contributed by atoms with E-state index in [-0.39, 0.29) is 50.7 Å². The maximum atomic E-state index is 13.3. The molecule has 0 spiro atoms. The van der Waals surface area contributed by atoms with E-state index in [1.165, 1.54) is 37.3 Å². The first-order valence-corrected chi connectivity index (χ1v) is 10.1. The van der Waals surface area contributed by atoms with Crippen molar-refractivity contribution in [3.8, 4) is 0 Å². The van der Waals surface area contributed by atoms with Crippen LogP contribution in [0.15, 0.2) is 54.6 Å². The lowest BCUT2D eigenvalue weighted by molar-refractivity contribution is -0.996. The third-order valence-corrected chi connectivity index (χ3v) is 5.40. The molecule has 0 heterocycles. The van der Waals surface area contributed by atoms with Gasteiger partial charge in [-0.05, 0) is 23.8 Å². The van der Waals surface area contributed by atoms with Gasteiger partial charge in [0.15, 0.2) is 22.9 Å². The molecule has 10 nitrogen and oxygen atoms in total. The lowest BCUT2D eigenvalue weighted by Gasteiger charge is -2.22. The molecule has 2 atom stereocenters. The van der Waals surface area contributed by atoms with E-state index >= 15 is 0 Å². The molecule has 0 saturated carbocycles. The van der Waals surface area contributed by atoms with E-state index in [0.717, 1.165) is 6.07 Å². The quantitative estimate of drug-likeness (QED) is 0.222. The second-order valence-electron chi connectivity index (χ2n) is 7.58. The van der Waals surface area contributed by atoms with E-state index in [2.05, 4.69) is 5.32 Å². The standard InChI is InChI=1S/C24H19N3O7/c1-13(28)25-22-15(7-6-14-8-10-16(26(31)32)12-20(14)27(33)34)9-11-19-21(22)24(30)18-5-3-2-4-17(18)23(19)29/h2-12,26-27,31,33H,1H3,(H,25,28). The van der Waals surface area contributed by atoms with Gasteiger partial charge >= 0.3 is 0 Å². The van der Waals surface area contributed by atoms with Crippen LogP contribution in [0, 0.1) is 10.4 Å². The van der Waals surface area contributed by atoms with E-state index in [1.54, 1.807) is 30.3 Å². The number of fused-ring (bicyclic) bond motifs is 2. The molecule has 10 heteroatoms. The van der Waals surface area contributed by atoms with Crippen LogP contribution in [-0.2, 0) is 4.79 Å². The normalized spacial score (nSPS) is 14.5. The minimum atomic E-state index is -1.31. The highest BCUT2D eigenvalue weighted by atomic mass is 16.8. The Hall–Kier alpha value is -4.03. The van der Waals surface area contributed by atoms with Crippen molar-refractivity contribution < 1.29 is 35.3 Å². The van der Waals surface area contributed by atoms with Crippen LogP contribution < -0.4 is 15.8 Å². The van der Waals surface area contributed by atoms with E-state index in [9.17, 15) is 30.0 Å². The summed E-state index contributed by atoms with van der Waals surface area (Å²) in [5, 5.41) is 41.5. The van der Waals surface area contributed by atoms with E-state index in [0.29, 0.717) is 5.56 Å². The van der Waals surface area contributed by atoms with Crippen molar-refractivity contribution in [2.24, 2.45) is 0 Å². The Kier molecular flexibility index (Phi) is 6.18. The van der Waals surface area contributed by atoms with Gasteiger partial charge in [0.05, 0.1) is 17.3 Å². The van der Waals surface area contributed by atoms with Crippen molar-refractivity contribution in [2.75, 3.05) is 5.32 Å². The highest BCUT2D eigenvalue weighted by Crippen LogP contribution is 2.35. The van der Waals surface area contributed by atoms with Gasteiger partial charge in [0, 0.05) is 35.2 Å². The molecule has 0 fully saturated rings. The second-order valence-corrected chi connectivity index (χ2v) is 7.58. The Morgan fingerprint density at radius 1 is 0.853 bits per heavy atom. The predicted molar refractivity (Wildman–Crippen MR) is 121 cm³/mol. The summed E-state index contributed by atoms with van der Waals surface area (Å²) in [7, 11) is 0. The summed E-state index contributed by atoms with van der Waals surface area (Å²) in [5.74, 6) is -1.22. The first-order chi connectivity index (χ1) is 16.2. The van der Waals surface area contributed by atoms with E-state index in [1.807, 2.05) is 0 Å². The molecule has 172 valence electrons. The predicted octanol–water partition coefficient (Wildman–Crippen LogP) is 1.40. The van der Waals surface area contributed by atoms with Gasteiger partial charge in [-0.25, -0.2) is 10.4 Å². The molecule has 1 amide bonds. The van der Waals surface area contributed by atoms with Gasteiger partial charge in [-0.2, -0.15) is 10.5 Å². The van der Waals surface area contributed by atoms with E-state index < -0.39 is 22.1 Å². The van der Waals surface area contributed by atoms with Crippen molar-refractivity contribution in [1.29, 1.82) is 0 Å². The second kappa shape index (κ2) is 9.08. The van der Waals surface area contributed by atoms with E-state index in [4.69, 9.17) is 5.21 Å². The topological polar surface area (TPSA) is 159 Å². The zero-order valence-electron chi connectivity index (χ0n) is 17.8. The molecule has 2 unspecified atom stereocenters. The van der Waals surface area contributed by atoms with Gasteiger partial charge in [0.25, 0.3) is 0 Å². The van der Waals surface area contributed by atoms with Gasteiger partial charge in [0.2, 0.25) is 5.91 Å². The van der Waals surface area contributed by atoms with Gasteiger partial charge < -0.3 is 15.7 Å². The number of nitrogens with one attached hydrogen (secondary N) is 3. The molecule has 3 aromatic carbocycles. The van der Waals surface area contributed by atoms with Crippen LogP contribution in [0.25, 0.3) is 12.2 Å². The third-order valence-electron chi connectivity index (χ3n) is 5.40. The summed E-state index contributed by atoms with van der Waals surface area (Å²) >= 11 is 0. The number of quaternary nitrogens is 2. The van der Waals surface area contributed by atoms with Crippen LogP contribution in [0.3, 0.4) is 0 Å². The number of carbonyl (C=O) groups is 3. The number of rotatable bonds is 5. The molecule has 5 N–H and O–H groups in total. The first-order valence-electron chi connectivity index (χ1n) is 10.1. The molecule has 1 aliphatic carbocycles. The number of amides is 1. The molecule has 4 rings (SSSR count). The van der Waals surface area contributed by atoms with Crippen LogP contribution in [0.1, 0.15) is 49.9 Å². The van der Waals surface area contributed by atoms with Crippen molar-refractivity contribution in [3.63, 3.8) is 0 Å². The Morgan fingerprint density at radius 2 is 1.47 bits per heavy atom.